The van der Waals surface area contributed by atoms with Gasteiger partial charge in [-0.25, -0.2) is 4.98 Å². The number of fused-ring (bicyclic) bond motifs is 3. The van der Waals surface area contributed by atoms with Crippen molar-refractivity contribution < 1.29 is 9.53 Å². The fourth-order valence-corrected chi connectivity index (χ4v) is 3.74. The highest BCUT2D eigenvalue weighted by Crippen LogP contribution is 2.37. The highest BCUT2D eigenvalue weighted by atomic mass is 16.5. The van der Waals surface area contributed by atoms with Gasteiger partial charge in [-0.1, -0.05) is 0 Å². The number of morpholine rings is 1. The number of carbonyl (C=O) groups is 1. The second kappa shape index (κ2) is 8.69. The summed E-state index contributed by atoms with van der Waals surface area (Å²) in [5.41, 5.74) is 4.08. The first-order valence-corrected chi connectivity index (χ1v) is 10.3. The molecule has 8 nitrogen and oxygen atoms in total. The molecule has 3 aliphatic heterocycles. The van der Waals surface area contributed by atoms with Gasteiger partial charge in [0.25, 0.3) is 5.91 Å². The molecule has 1 amide bonds. The molecule has 0 spiro atoms. The number of hydrogen-bond acceptors (Lipinski definition) is 6. The standard InChI is InChI=1S/C22H26N6O2/c1-14(2)26-20-17(22(29)24-5-6-28-7-9-30-10-8-28)13-25-19-16-4-3-15(12-23)11-18(16)27-21(19)20/h3-4,11,13-14,25-26H,5-10H2,1-2H3,(H,24,29). The Bertz CT molecular complexity index is 1060. The first kappa shape index (κ1) is 20.1. The van der Waals surface area contributed by atoms with Crippen LogP contribution in [0.3, 0.4) is 0 Å². The zero-order valence-electron chi connectivity index (χ0n) is 17.3. The van der Waals surface area contributed by atoms with Gasteiger partial charge in [-0.05, 0) is 32.0 Å². The largest absolute Gasteiger partial charge is 0.380 e. The van der Waals surface area contributed by atoms with E-state index in [9.17, 15) is 10.1 Å². The van der Waals surface area contributed by atoms with Crippen molar-refractivity contribution >= 4 is 22.5 Å². The number of carbonyl (C=O) groups excluding carboxylic acids is 1. The number of aromatic amines is 1. The van der Waals surface area contributed by atoms with E-state index >= 15 is 0 Å². The summed E-state index contributed by atoms with van der Waals surface area (Å²) in [7, 11) is 0. The Hall–Kier alpha value is -3.15. The molecule has 30 heavy (non-hydrogen) atoms. The SMILES string of the molecule is CC(C)Nc1c(C(=O)NCCN2CCOCC2)c[nH]c2c3ccc(C#N)cc3nc1-2. The number of H-pyrrole nitrogens is 1. The Balaban J connectivity index is 1.62. The maximum absolute atomic E-state index is 13.0. The van der Waals surface area contributed by atoms with Gasteiger partial charge in [0.2, 0.25) is 0 Å². The third-order valence-corrected chi connectivity index (χ3v) is 5.23. The van der Waals surface area contributed by atoms with Crippen LogP contribution in [0.2, 0.25) is 0 Å². The predicted molar refractivity (Wildman–Crippen MR) is 116 cm³/mol. The molecule has 1 aromatic rings. The number of ether oxygens (including phenoxy) is 1. The number of hydrogen-bond donors (Lipinski definition) is 3. The molecule has 1 aromatic carbocycles. The van der Waals surface area contributed by atoms with Crippen molar-refractivity contribution in [3.05, 3.63) is 35.5 Å². The summed E-state index contributed by atoms with van der Waals surface area (Å²) < 4.78 is 5.36. The summed E-state index contributed by atoms with van der Waals surface area (Å²) in [6, 6.07) is 7.71. The van der Waals surface area contributed by atoms with Crippen molar-refractivity contribution in [1.29, 1.82) is 5.26 Å². The van der Waals surface area contributed by atoms with E-state index in [0.717, 1.165) is 49.4 Å². The molecular formula is C22H26N6O2. The van der Waals surface area contributed by atoms with Crippen molar-refractivity contribution in [3.63, 3.8) is 0 Å². The van der Waals surface area contributed by atoms with Gasteiger partial charge in [-0.3, -0.25) is 9.69 Å². The normalized spacial score (nSPS) is 14.9. The topological polar surface area (TPSA) is 106 Å². The Morgan fingerprint density at radius 2 is 2.17 bits per heavy atom. The van der Waals surface area contributed by atoms with E-state index in [1.165, 1.54) is 0 Å². The van der Waals surface area contributed by atoms with E-state index in [0.29, 0.717) is 29.1 Å². The van der Waals surface area contributed by atoms with Crippen LogP contribution >= 0.6 is 0 Å². The molecule has 1 saturated heterocycles. The summed E-state index contributed by atoms with van der Waals surface area (Å²) in [5.74, 6) is -0.144. The van der Waals surface area contributed by atoms with E-state index in [1.807, 2.05) is 19.9 Å². The number of aromatic nitrogens is 2. The molecule has 0 radical (unpaired) electrons. The van der Waals surface area contributed by atoms with Crippen molar-refractivity contribution in [1.82, 2.24) is 20.2 Å². The number of nitrogens with one attached hydrogen (secondary N) is 3. The number of nitriles is 1. The summed E-state index contributed by atoms with van der Waals surface area (Å²) >= 11 is 0. The van der Waals surface area contributed by atoms with Crippen LogP contribution in [0.5, 0.6) is 0 Å². The van der Waals surface area contributed by atoms with Gasteiger partial charge >= 0.3 is 0 Å². The Morgan fingerprint density at radius 1 is 1.37 bits per heavy atom. The molecule has 0 atom stereocenters. The summed E-state index contributed by atoms with van der Waals surface area (Å²) in [6.45, 7) is 8.69. The molecule has 0 aliphatic carbocycles. The van der Waals surface area contributed by atoms with Crippen LogP contribution < -0.4 is 10.6 Å². The van der Waals surface area contributed by atoms with Crippen LogP contribution in [0.1, 0.15) is 29.8 Å². The van der Waals surface area contributed by atoms with Crippen molar-refractivity contribution in [2.75, 3.05) is 44.7 Å². The lowest BCUT2D eigenvalue weighted by Crippen LogP contribution is -2.41. The molecule has 0 bridgehead atoms. The third-order valence-electron chi connectivity index (χ3n) is 5.23. The maximum atomic E-state index is 13.0. The monoisotopic (exact) mass is 406 g/mol. The molecule has 0 unspecified atom stereocenters. The average molecular weight is 406 g/mol. The minimum atomic E-state index is -0.144. The van der Waals surface area contributed by atoms with Crippen LogP contribution in [0.25, 0.3) is 22.3 Å². The van der Waals surface area contributed by atoms with Crippen LogP contribution in [-0.2, 0) is 4.74 Å². The number of anilines is 1. The van der Waals surface area contributed by atoms with Crippen LogP contribution in [0, 0.1) is 11.3 Å². The molecule has 0 saturated carbocycles. The molecular weight excluding hydrogens is 380 g/mol. The van der Waals surface area contributed by atoms with E-state index in [4.69, 9.17) is 9.72 Å². The van der Waals surface area contributed by atoms with Crippen molar-refractivity contribution in [2.45, 2.75) is 19.9 Å². The quantitative estimate of drug-likeness (QED) is 0.581. The molecule has 3 N–H and O–H groups in total. The second-order valence-corrected chi connectivity index (χ2v) is 7.77. The van der Waals surface area contributed by atoms with Gasteiger partial charge in [0.15, 0.2) is 0 Å². The maximum Gasteiger partial charge on any atom is 0.254 e. The second-order valence-electron chi connectivity index (χ2n) is 7.77. The summed E-state index contributed by atoms with van der Waals surface area (Å²) in [4.78, 5) is 23.2. The predicted octanol–water partition coefficient (Wildman–Crippen LogP) is 2.42. The molecule has 4 rings (SSSR count). The number of pyridine rings is 1. The average Bonchev–Trinajstić information content (AvgIpc) is 3.12. The number of rotatable bonds is 6. The Kier molecular flexibility index (Phi) is 5.84. The summed E-state index contributed by atoms with van der Waals surface area (Å²) in [5, 5.41) is 16.5. The minimum absolute atomic E-state index is 0.130. The van der Waals surface area contributed by atoms with E-state index in [1.54, 1.807) is 18.3 Å². The fourth-order valence-electron chi connectivity index (χ4n) is 3.74. The Morgan fingerprint density at radius 3 is 2.90 bits per heavy atom. The molecule has 1 fully saturated rings. The Labute approximate surface area is 175 Å². The van der Waals surface area contributed by atoms with Crippen LogP contribution in [-0.4, -0.2) is 66.2 Å². The van der Waals surface area contributed by atoms with E-state index in [-0.39, 0.29) is 11.9 Å². The van der Waals surface area contributed by atoms with Crippen LogP contribution in [0.4, 0.5) is 5.69 Å². The molecule has 3 aliphatic rings. The zero-order chi connectivity index (χ0) is 21.1. The number of amides is 1. The van der Waals surface area contributed by atoms with Gasteiger partial charge < -0.3 is 20.4 Å². The van der Waals surface area contributed by atoms with E-state index < -0.39 is 0 Å². The first-order chi connectivity index (χ1) is 14.6. The number of nitrogens with zero attached hydrogens (tertiary/aromatic N) is 3. The number of benzene rings is 1. The summed E-state index contributed by atoms with van der Waals surface area (Å²) in [6.07, 6.45) is 1.73. The van der Waals surface area contributed by atoms with Gasteiger partial charge in [0.05, 0.1) is 47.3 Å². The molecule has 156 valence electrons. The lowest BCUT2D eigenvalue weighted by atomic mass is 10.1. The van der Waals surface area contributed by atoms with Crippen molar-refractivity contribution in [3.8, 4) is 17.5 Å². The fraction of sp³-hybridized carbons (Fsp3) is 0.409. The minimum Gasteiger partial charge on any atom is -0.380 e. The lowest BCUT2D eigenvalue weighted by Gasteiger charge is -2.26. The molecule has 8 heteroatoms. The van der Waals surface area contributed by atoms with Gasteiger partial charge in [-0.15, -0.1) is 0 Å². The zero-order valence-corrected chi connectivity index (χ0v) is 17.3. The highest BCUT2D eigenvalue weighted by Gasteiger charge is 2.23. The molecule has 3 heterocycles. The highest BCUT2D eigenvalue weighted by molar-refractivity contribution is 6.07. The van der Waals surface area contributed by atoms with Gasteiger partial charge in [0, 0.05) is 43.8 Å². The third kappa shape index (κ3) is 4.08. The lowest BCUT2D eigenvalue weighted by molar-refractivity contribution is 0.0383. The van der Waals surface area contributed by atoms with Crippen LogP contribution in [0.15, 0.2) is 24.4 Å². The molecule has 0 aromatic heterocycles. The first-order valence-electron chi connectivity index (χ1n) is 10.3. The smallest absolute Gasteiger partial charge is 0.254 e. The van der Waals surface area contributed by atoms with Gasteiger partial charge in [-0.2, -0.15) is 5.26 Å². The van der Waals surface area contributed by atoms with E-state index in [2.05, 4.69) is 26.6 Å². The van der Waals surface area contributed by atoms with Gasteiger partial charge in [0.1, 0.15) is 5.69 Å². The van der Waals surface area contributed by atoms with Crippen molar-refractivity contribution in [2.24, 2.45) is 0 Å².